The fraction of sp³-hybridized carbons (Fsp3) is 0.200. The van der Waals surface area contributed by atoms with Gasteiger partial charge in [-0.1, -0.05) is 24.0 Å². The van der Waals surface area contributed by atoms with Crippen molar-refractivity contribution in [1.82, 2.24) is 0 Å². The average Bonchev–Trinajstić information content (AvgIpc) is 2.20. The van der Waals surface area contributed by atoms with Crippen molar-refractivity contribution in [2.45, 2.75) is 6.42 Å². The number of hydrogen-bond donors (Lipinski definition) is 0. The van der Waals surface area contributed by atoms with Gasteiger partial charge in [-0.3, -0.25) is 9.69 Å². The molecule has 84 valence electrons. The number of anilines is 1. The van der Waals surface area contributed by atoms with E-state index in [1.54, 1.807) is 0 Å². The lowest BCUT2D eigenvalue weighted by Gasteiger charge is -2.26. The summed E-state index contributed by atoms with van der Waals surface area (Å²) in [5, 5.41) is 0. The van der Waals surface area contributed by atoms with E-state index in [-0.39, 0.29) is 11.6 Å². The van der Waals surface area contributed by atoms with Crippen molar-refractivity contribution in [3.63, 3.8) is 0 Å². The molecule has 1 aromatic rings. The first-order valence-corrected chi connectivity index (χ1v) is 5.94. The van der Waals surface area contributed by atoms with Crippen LogP contribution in [0.15, 0.2) is 18.2 Å². The maximum atomic E-state index is 13.5. The number of benzene rings is 1. The lowest BCUT2D eigenvalue weighted by atomic mass is 10.2. The van der Waals surface area contributed by atoms with Gasteiger partial charge < -0.3 is 0 Å². The van der Waals surface area contributed by atoms with Crippen molar-refractivity contribution >= 4 is 39.9 Å². The first-order valence-electron chi connectivity index (χ1n) is 4.54. The largest absolute Gasteiger partial charge is 0.274 e. The predicted molar refractivity (Wildman–Crippen MR) is 63.5 cm³/mol. The number of amides is 1. The summed E-state index contributed by atoms with van der Waals surface area (Å²) in [5.74, 6) is -1.10. The number of rotatable bonds is 1. The molecule has 0 saturated carbocycles. The van der Waals surface area contributed by atoms with E-state index in [0.717, 1.165) is 17.0 Å². The number of carbonyl (C=O) groups is 1. The average molecular weight is 259 g/mol. The van der Waals surface area contributed by atoms with Crippen molar-refractivity contribution < 1.29 is 13.6 Å². The van der Waals surface area contributed by atoms with Gasteiger partial charge in [0.2, 0.25) is 5.91 Å². The van der Waals surface area contributed by atoms with Crippen LogP contribution in [-0.4, -0.2) is 16.0 Å². The predicted octanol–water partition coefficient (Wildman–Crippen LogP) is 2.72. The van der Waals surface area contributed by atoms with Crippen molar-refractivity contribution in [2.24, 2.45) is 0 Å². The monoisotopic (exact) mass is 259 g/mol. The Balaban J connectivity index is 2.42. The van der Waals surface area contributed by atoms with E-state index in [2.05, 4.69) is 0 Å². The molecule has 16 heavy (non-hydrogen) atoms. The van der Waals surface area contributed by atoms with Crippen LogP contribution < -0.4 is 4.90 Å². The Kier molecular flexibility index (Phi) is 3.20. The number of hydrogen-bond acceptors (Lipinski definition) is 3. The molecule has 0 radical (unpaired) electrons. The SMILES string of the molecule is O=C1CCSC(=S)N1c1ccc(F)cc1F. The van der Waals surface area contributed by atoms with Gasteiger partial charge in [-0.15, -0.1) is 0 Å². The molecule has 1 saturated heterocycles. The van der Waals surface area contributed by atoms with Gasteiger partial charge in [0.25, 0.3) is 0 Å². The maximum Gasteiger partial charge on any atom is 0.233 e. The van der Waals surface area contributed by atoms with Crippen molar-refractivity contribution in [1.29, 1.82) is 0 Å². The summed E-state index contributed by atoms with van der Waals surface area (Å²) in [7, 11) is 0. The van der Waals surface area contributed by atoms with Crippen LogP contribution >= 0.6 is 24.0 Å². The Labute approximate surface area is 101 Å². The third kappa shape index (κ3) is 2.08. The summed E-state index contributed by atoms with van der Waals surface area (Å²) in [5.41, 5.74) is 0.0172. The molecule has 1 amide bonds. The summed E-state index contributed by atoms with van der Waals surface area (Å²) in [6, 6.07) is 3.07. The van der Waals surface area contributed by atoms with E-state index < -0.39 is 11.6 Å². The first-order chi connectivity index (χ1) is 7.59. The molecule has 1 aliphatic heterocycles. The number of halogens is 2. The highest BCUT2D eigenvalue weighted by atomic mass is 32.2. The molecule has 0 atom stereocenters. The quantitative estimate of drug-likeness (QED) is 0.723. The van der Waals surface area contributed by atoms with Gasteiger partial charge in [-0.2, -0.15) is 0 Å². The Morgan fingerprint density at radius 2 is 2.12 bits per heavy atom. The van der Waals surface area contributed by atoms with Crippen LogP contribution in [0.2, 0.25) is 0 Å². The zero-order chi connectivity index (χ0) is 11.7. The van der Waals surface area contributed by atoms with Gasteiger partial charge in [-0.25, -0.2) is 8.78 Å². The minimum absolute atomic E-state index is 0.0172. The third-order valence-corrected chi connectivity index (χ3v) is 3.50. The summed E-state index contributed by atoms with van der Waals surface area (Å²) >= 11 is 6.30. The fourth-order valence-electron chi connectivity index (χ4n) is 1.40. The Bertz CT molecular complexity index is 448. The topological polar surface area (TPSA) is 20.3 Å². The van der Waals surface area contributed by atoms with Gasteiger partial charge in [0.05, 0.1) is 5.69 Å². The molecule has 1 aromatic carbocycles. The van der Waals surface area contributed by atoms with Crippen LogP contribution in [-0.2, 0) is 4.79 Å². The highest BCUT2D eigenvalue weighted by Crippen LogP contribution is 2.28. The minimum Gasteiger partial charge on any atom is -0.274 e. The standard InChI is InChI=1S/C10H7F2NOS2/c11-6-1-2-8(7(12)5-6)13-9(14)3-4-16-10(13)15/h1-2,5H,3-4H2. The normalized spacial score (nSPS) is 16.8. The van der Waals surface area contributed by atoms with Crippen LogP contribution in [0.4, 0.5) is 14.5 Å². The zero-order valence-corrected chi connectivity index (χ0v) is 9.71. The lowest BCUT2D eigenvalue weighted by Crippen LogP contribution is -2.38. The van der Waals surface area contributed by atoms with Crippen LogP contribution in [0, 0.1) is 11.6 Å². The summed E-state index contributed by atoms with van der Waals surface area (Å²) in [6.07, 6.45) is 0.307. The first kappa shape index (κ1) is 11.5. The van der Waals surface area contributed by atoms with Crippen molar-refractivity contribution in [3.8, 4) is 0 Å². The second-order valence-corrected chi connectivity index (χ2v) is 4.92. The molecule has 0 unspecified atom stereocenters. The smallest absolute Gasteiger partial charge is 0.233 e. The molecule has 0 aliphatic carbocycles. The number of thiocarbonyl (C=S) groups is 1. The van der Waals surface area contributed by atoms with Crippen molar-refractivity contribution in [2.75, 3.05) is 10.7 Å². The van der Waals surface area contributed by atoms with Crippen molar-refractivity contribution in [3.05, 3.63) is 29.8 Å². The fourth-order valence-corrected chi connectivity index (χ4v) is 2.63. The molecule has 0 N–H and O–H groups in total. The third-order valence-electron chi connectivity index (χ3n) is 2.12. The van der Waals surface area contributed by atoms with Gasteiger partial charge >= 0.3 is 0 Å². The maximum absolute atomic E-state index is 13.5. The van der Waals surface area contributed by atoms with E-state index in [1.165, 1.54) is 17.8 Å². The van der Waals surface area contributed by atoms with Crippen LogP contribution in [0.5, 0.6) is 0 Å². The van der Waals surface area contributed by atoms with E-state index in [0.29, 0.717) is 16.5 Å². The van der Waals surface area contributed by atoms with Crippen LogP contribution in [0.25, 0.3) is 0 Å². The Morgan fingerprint density at radius 1 is 1.38 bits per heavy atom. The molecule has 1 fully saturated rings. The molecule has 1 heterocycles. The molecule has 6 heteroatoms. The number of nitrogens with zero attached hydrogens (tertiary/aromatic N) is 1. The molecular formula is C10H7F2NOS2. The van der Waals surface area contributed by atoms with E-state index >= 15 is 0 Å². The molecule has 0 spiro atoms. The minimum atomic E-state index is -0.779. The lowest BCUT2D eigenvalue weighted by molar-refractivity contribution is -0.117. The van der Waals surface area contributed by atoms with Crippen LogP contribution in [0.3, 0.4) is 0 Å². The number of carbonyl (C=O) groups excluding carboxylic acids is 1. The van der Waals surface area contributed by atoms with Gasteiger partial charge in [0, 0.05) is 18.2 Å². The van der Waals surface area contributed by atoms with Gasteiger partial charge in [0.1, 0.15) is 16.0 Å². The Morgan fingerprint density at radius 3 is 2.75 bits per heavy atom. The molecule has 0 bridgehead atoms. The van der Waals surface area contributed by atoms with E-state index in [9.17, 15) is 13.6 Å². The molecule has 0 aromatic heterocycles. The molecule has 2 rings (SSSR count). The van der Waals surface area contributed by atoms with Gasteiger partial charge in [0.15, 0.2) is 0 Å². The summed E-state index contributed by atoms with van der Waals surface area (Å²) < 4.78 is 26.5. The van der Waals surface area contributed by atoms with Gasteiger partial charge in [-0.05, 0) is 12.1 Å². The number of thioether (sulfide) groups is 1. The van der Waals surface area contributed by atoms with Crippen LogP contribution in [0.1, 0.15) is 6.42 Å². The zero-order valence-electron chi connectivity index (χ0n) is 8.07. The highest BCUT2D eigenvalue weighted by molar-refractivity contribution is 8.23. The summed E-state index contributed by atoms with van der Waals surface area (Å²) in [6.45, 7) is 0. The molecule has 2 nitrogen and oxygen atoms in total. The van der Waals surface area contributed by atoms with E-state index in [1.807, 2.05) is 0 Å². The second-order valence-electron chi connectivity index (χ2n) is 3.19. The Hall–Kier alpha value is -1.01. The van der Waals surface area contributed by atoms with E-state index in [4.69, 9.17) is 12.2 Å². The second kappa shape index (κ2) is 4.47. The highest BCUT2D eigenvalue weighted by Gasteiger charge is 2.27. The molecule has 1 aliphatic rings. The summed E-state index contributed by atoms with van der Waals surface area (Å²) in [4.78, 5) is 12.7. The molecular weight excluding hydrogens is 252 g/mol.